The standard InChI is InChI=1S/C17H20O/c1-13(2)14(3)15-8-7-11-17(12-15)18-16-9-5-4-6-10-16/h4-14H,1-3H3. The topological polar surface area (TPSA) is 9.23 Å². The molecule has 0 saturated carbocycles. The van der Waals surface area contributed by atoms with Gasteiger partial charge in [0.15, 0.2) is 0 Å². The van der Waals surface area contributed by atoms with Crippen molar-refractivity contribution in [1.82, 2.24) is 0 Å². The maximum atomic E-state index is 5.85. The quantitative estimate of drug-likeness (QED) is 0.710. The van der Waals surface area contributed by atoms with E-state index >= 15 is 0 Å². The van der Waals surface area contributed by atoms with Crippen molar-refractivity contribution in [3.05, 3.63) is 60.2 Å². The van der Waals surface area contributed by atoms with Crippen molar-refractivity contribution < 1.29 is 4.74 Å². The Hall–Kier alpha value is -1.76. The summed E-state index contributed by atoms with van der Waals surface area (Å²) in [5, 5.41) is 0. The van der Waals surface area contributed by atoms with E-state index in [4.69, 9.17) is 4.74 Å². The summed E-state index contributed by atoms with van der Waals surface area (Å²) in [7, 11) is 0. The van der Waals surface area contributed by atoms with Crippen molar-refractivity contribution in [1.29, 1.82) is 0 Å². The molecule has 0 aliphatic heterocycles. The number of ether oxygens (including phenoxy) is 1. The van der Waals surface area contributed by atoms with Gasteiger partial charge in [-0.25, -0.2) is 0 Å². The van der Waals surface area contributed by atoms with Crippen molar-refractivity contribution in [3.63, 3.8) is 0 Å². The number of rotatable bonds is 4. The fraction of sp³-hybridized carbons (Fsp3) is 0.294. The van der Waals surface area contributed by atoms with Crippen LogP contribution in [0.25, 0.3) is 0 Å². The van der Waals surface area contributed by atoms with Crippen molar-refractivity contribution in [2.45, 2.75) is 26.7 Å². The Bertz CT molecular complexity index is 488. The van der Waals surface area contributed by atoms with Crippen molar-refractivity contribution in [2.75, 3.05) is 0 Å². The van der Waals surface area contributed by atoms with Crippen LogP contribution in [0.1, 0.15) is 32.3 Å². The average molecular weight is 240 g/mol. The Morgan fingerprint density at radius 1 is 0.778 bits per heavy atom. The van der Waals surface area contributed by atoms with Gasteiger partial charge in [0.05, 0.1) is 0 Å². The largest absolute Gasteiger partial charge is 0.457 e. The molecule has 1 unspecified atom stereocenters. The molecule has 0 aliphatic rings. The minimum absolute atomic E-state index is 0.546. The van der Waals surface area contributed by atoms with Crippen LogP contribution < -0.4 is 4.74 Å². The van der Waals surface area contributed by atoms with Gasteiger partial charge in [0.25, 0.3) is 0 Å². The molecule has 0 spiro atoms. The van der Waals surface area contributed by atoms with E-state index in [9.17, 15) is 0 Å². The number of hydrogen-bond acceptors (Lipinski definition) is 1. The molecule has 0 aliphatic carbocycles. The smallest absolute Gasteiger partial charge is 0.127 e. The SMILES string of the molecule is CC(C)C(C)c1cccc(Oc2ccccc2)c1. The third kappa shape index (κ3) is 3.13. The Morgan fingerprint density at radius 2 is 1.44 bits per heavy atom. The van der Waals surface area contributed by atoms with E-state index in [0.29, 0.717) is 11.8 Å². The molecule has 94 valence electrons. The van der Waals surface area contributed by atoms with Crippen LogP contribution in [-0.2, 0) is 0 Å². The zero-order chi connectivity index (χ0) is 13.0. The molecule has 1 heteroatoms. The molecule has 0 aromatic heterocycles. The Morgan fingerprint density at radius 3 is 2.11 bits per heavy atom. The van der Waals surface area contributed by atoms with Crippen LogP contribution in [0.15, 0.2) is 54.6 Å². The van der Waals surface area contributed by atoms with Gasteiger partial charge in [-0.1, -0.05) is 51.1 Å². The van der Waals surface area contributed by atoms with Gasteiger partial charge in [-0.15, -0.1) is 0 Å². The molecule has 0 fully saturated rings. The predicted octanol–water partition coefficient (Wildman–Crippen LogP) is 5.24. The van der Waals surface area contributed by atoms with Gasteiger partial charge in [-0.2, -0.15) is 0 Å². The third-order valence-corrected chi connectivity index (χ3v) is 3.36. The summed E-state index contributed by atoms with van der Waals surface area (Å²) in [6.07, 6.45) is 0. The van der Waals surface area contributed by atoms with Crippen molar-refractivity contribution >= 4 is 0 Å². The monoisotopic (exact) mass is 240 g/mol. The van der Waals surface area contributed by atoms with Crippen LogP contribution >= 0.6 is 0 Å². The molecule has 2 aromatic rings. The van der Waals surface area contributed by atoms with Gasteiger partial charge in [-0.05, 0) is 41.7 Å². The van der Waals surface area contributed by atoms with E-state index in [-0.39, 0.29) is 0 Å². The third-order valence-electron chi connectivity index (χ3n) is 3.36. The second-order valence-corrected chi connectivity index (χ2v) is 5.02. The van der Waals surface area contributed by atoms with Gasteiger partial charge in [0, 0.05) is 0 Å². The van der Waals surface area contributed by atoms with Gasteiger partial charge < -0.3 is 4.74 Å². The van der Waals surface area contributed by atoms with Crippen LogP contribution in [0.5, 0.6) is 11.5 Å². The van der Waals surface area contributed by atoms with E-state index in [1.165, 1.54) is 5.56 Å². The number of benzene rings is 2. The number of hydrogen-bond donors (Lipinski definition) is 0. The van der Waals surface area contributed by atoms with Gasteiger partial charge in [0.1, 0.15) is 11.5 Å². The highest BCUT2D eigenvalue weighted by Gasteiger charge is 2.10. The van der Waals surface area contributed by atoms with E-state index < -0.39 is 0 Å². The summed E-state index contributed by atoms with van der Waals surface area (Å²) in [5.41, 5.74) is 1.33. The summed E-state index contributed by atoms with van der Waals surface area (Å²) >= 11 is 0. The molecule has 0 saturated heterocycles. The molecular weight excluding hydrogens is 220 g/mol. The number of para-hydroxylation sites is 1. The van der Waals surface area contributed by atoms with Crippen LogP contribution in [0, 0.1) is 5.92 Å². The minimum Gasteiger partial charge on any atom is -0.457 e. The maximum Gasteiger partial charge on any atom is 0.127 e. The van der Waals surface area contributed by atoms with Crippen LogP contribution in [0.2, 0.25) is 0 Å². The summed E-state index contributed by atoms with van der Waals surface area (Å²) in [4.78, 5) is 0. The van der Waals surface area contributed by atoms with E-state index in [1.807, 2.05) is 36.4 Å². The van der Waals surface area contributed by atoms with E-state index in [0.717, 1.165) is 11.5 Å². The zero-order valence-corrected chi connectivity index (χ0v) is 11.3. The average Bonchev–Trinajstić information content (AvgIpc) is 2.39. The summed E-state index contributed by atoms with van der Waals surface area (Å²) in [5.74, 6) is 2.97. The highest BCUT2D eigenvalue weighted by Crippen LogP contribution is 2.28. The first-order valence-corrected chi connectivity index (χ1v) is 6.49. The lowest BCUT2D eigenvalue weighted by Crippen LogP contribution is -2.01. The lowest BCUT2D eigenvalue weighted by Gasteiger charge is -2.16. The van der Waals surface area contributed by atoms with Crippen LogP contribution in [-0.4, -0.2) is 0 Å². The first-order valence-electron chi connectivity index (χ1n) is 6.49. The van der Waals surface area contributed by atoms with Crippen molar-refractivity contribution in [3.8, 4) is 11.5 Å². The molecular formula is C17H20O. The zero-order valence-electron chi connectivity index (χ0n) is 11.3. The fourth-order valence-electron chi connectivity index (χ4n) is 1.87. The summed E-state index contributed by atoms with van der Waals surface area (Å²) in [6.45, 7) is 6.75. The molecule has 1 atom stereocenters. The van der Waals surface area contributed by atoms with Gasteiger partial charge in [0.2, 0.25) is 0 Å². The lowest BCUT2D eigenvalue weighted by molar-refractivity contribution is 0.478. The van der Waals surface area contributed by atoms with Crippen molar-refractivity contribution in [2.24, 2.45) is 5.92 Å². The Kier molecular flexibility index (Phi) is 4.03. The molecule has 0 bridgehead atoms. The second kappa shape index (κ2) is 5.72. The molecule has 2 aromatic carbocycles. The molecule has 18 heavy (non-hydrogen) atoms. The molecule has 0 heterocycles. The minimum atomic E-state index is 0.546. The van der Waals surface area contributed by atoms with Gasteiger partial charge in [-0.3, -0.25) is 0 Å². The fourth-order valence-corrected chi connectivity index (χ4v) is 1.87. The van der Waals surface area contributed by atoms with Gasteiger partial charge >= 0.3 is 0 Å². The Labute approximate surface area is 109 Å². The maximum absolute atomic E-state index is 5.85. The van der Waals surface area contributed by atoms with E-state index in [2.05, 4.69) is 39.0 Å². The van der Waals surface area contributed by atoms with Crippen LogP contribution in [0.3, 0.4) is 0 Å². The molecule has 0 radical (unpaired) electrons. The Balaban J connectivity index is 2.18. The van der Waals surface area contributed by atoms with Crippen LogP contribution in [0.4, 0.5) is 0 Å². The lowest BCUT2D eigenvalue weighted by atomic mass is 9.90. The highest BCUT2D eigenvalue weighted by atomic mass is 16.5. The summed E-state index contributed by atoms with van der Waals surface area (Å²) < 4.78 is 5.85. The first kappa shape index (κ1) is 12.7. The second-order valence-electron chi connectivity index (χ2n) is 5.02. The molecule has 0 amide bonds. The normalized spacial score (nSPS) is 12.4. The summed E-state index contributed by atoms with van der Waals surface area (Å²) in [6, 6.07) is 18.3. The molecule has 2 rings (SSSR count). The predicted molar refractivity (Wildman–Crippen MR) is 76.2 cm³/mol. The first-order chi connectivity index (χ1) is 8.66. The van der Waals surface area contributed by atoms with E-state index in [1.54, 1.807) is 0 Å². The highest BCUT2D eigenvalue weighted by molar-refractivity contribution is 5.35. The molecule has 1 nitrogen and oxygen atoms in total. The molecule has 0 N–H and O–H groups in total.